The van der Waals surface area contributed by atoms with Crippen molar-refractivity contribution >= 4 is 37.7 Å². The highest BCUT2D eigenvalue weighted by Crippen LogP contribution is 2.25. The summed E-state index contributed by atoms with van der Waals surface area (Å²) in [4.78, 5) is -0.00152. The van der Waals surface area contributed by atoms with Crippen LogP contribution in [-0.2, 0) is 10.0 Å². The number of halogens is 1. The lowest BCUT2D eigenvalue weighted by atomic mass is 10.3. The maximum Gasteiger partial charge on any atom is 0.329 e. The summed E-state index contributed by atoms with van der Waals surface area (Å²) in [6.07, 6.45) is 0. The highest BCUT2D eigenvalue weighted by Gasteiger charge is 2.20. The summed E-state index contributed by atoms with van der Waals surface area (Å²) >= 11 is 3.14. The Hall–Kier alpha value is -1.61. The molecule has 0 amide bonds. The molecule has 9 heteroatoms. The van der Waals surface area contributed by atoms with Gasteiger partial charge in [-0.2, -0.15) is 0 Å². The fraction of sp³-hybridized carbons (Fsp3) is 0.111. The molecule has 0 saturated carbocycles. The molecule has 0 aliphatic rings. The van der Waals surface area contributed by atoms with E-state index in [-0.39, 0.29) is 16.8 Å². The van der Waals surface area contributed by atoms with E-state index >= 15 is 0 Å². The van der Waals surface area contributed by atoms with Crippen LogP contribution in [0.5, 0.6) is 0 Å². The molecule has 18 heavy (non-hydrogen) atoms. The van der Waals surface area contributed by atoms with Crippen molar-refractivity contribution in [3.63, 3.8) is 0 Å². The maximum absolute atomic E-state index is 12.1. The van der Waals surface area contributed by atoms with Crippen LogP contribution in [0, 0.1) is 6.92 Å². The minimum absolute atomic E-state index is 0.00152. The van der Waals surface area contributed by atoms with Crippen LogP contribution in [-0.4, -0.2) is 18.6 Å². The van der Waals surface area contributed by atoms with Crippen LogP contribution in [0.25, 0.3) is 0 Å². The van der Waals surface area contributed by atoms with Crippen LogP contribution >= 0.6 is 15.9 Å². The quantitative estimate of drug-likeness (QED) is 0.824. The number of aromatic nitrogens is 2. The van der Waals surface area contributed by atoms with Gasteiger partial charge in [0.15, 0.2) is 0 Å². The fourth-order valence-electron chi connectivity index (χ4n) is 1.23. The predicted molar refractivity (Wildman–Crippen MR) is 68.4 cm³/mol. The number of nitrogens with two attached hydrogens (primary N) is 1. The zero-order valence-electron chi connectivity index (χ0n) is 9.21. The van der Waals surface area contributed by atoms with Crippen molar-refractivity contribution in [1.82, 2.24) is 10.2 Å². The summed E-state index contributed by atoms with van der Waals surface area (Å²) in [7, 11) is -3.83. The van der Waals surface area contributed by atoms with Crippen molar-refractivity contribution in [3.05, 3.63) is 28.6 Å². The van der Waals surface area contributed by atoms with Gasteiger partial charge in [-0.15, -0.1) is 5.10 Å². The lowest BCUT2D eigenvalue weighted by Gasteiger charge is -2.06. The first-order valence-corrected chi connectivity index (χ1v) is 7.04. The Labute approximate surface area is 112 Å². The zero-order valence-corrected chi connectivity index (χ0v) is 11.6. The summed E-state index contributed by atoms with van der Waals surface area (Å²) < 4.78 is 31.6. The van der Waals surface area contributed by atoms with Crippen LogP contribution in [0.3, 0.4) is 0 Å². The molecule has 0 aliphatic carbocycles. The highest BCUT2D eigenvalue weighted by molar-refractivity contribution is 9.10. The second-order valence-corrected chi connectivity index (χ2v) is 5.93. The van der Waals surface area contributed by atoms with Crippen LogP contribution < -0.4 is 10.5 Å². The molecule has 0 atom stereocenters. The van der Waals surface area contributed by atoms with Gasteiger partial charge < -0.3 is 10.2 Å². The number of hydrogen-bond donors (Lipinski definition) is 2. The molecular weight excluding hydrogens is 324 g/mol. The van der Waals surface area contributed by atoms with Gasteiger partial charge >= 0.3 is 6.01 Å². The average Bonchev–Trinajstić information content (AvgIpc) is 2.66. The third-order valence-corrected chi connectivity index (χ3v) is 4.31. The smallest absolute Gasteiger partial charge is 0.329 e. The number of nitrogens with zero attached hydrogens (tertiary/aromatic N) is 2. The minimum Gasteiger partial charge on any atom is -0.408 e. The van der Waals surface area contributed by atoms with E-state index in [1.54, 1.807) is 19.1 Å². The predicted octanol–water partition coefficient (Wildman–Crippen LogP) is 1.52. The Morgan fingerprint density at radius 2 is 2.11 bits per heavy atom. The van der Waals surface area contributed by atoms with Gasteiger partial charge in [-0.25, -0.2) is 13.1 Å². The molecule has 0 radical (unpaired) electrons. The van der Waals surface area contributed by atoms with E-state index in [2.05, 4.69) is 30.8 Å². The average molecular weight is 333 g/mol. The van der Waals surface area contributed by atoms with Crippen molar-refractivity contribution in [2.75, 3.05) is 10.5 Å². The van der Waals surface area contributed by atoms with Gasteiger partial charge in [0.1, 0.15) is 4.90 Å². The molecule has 1 aromatic heterocycles. The monoisotopic (exact) mass is 332 g/mol. The van der Waals surface area contributed by atoms with Crippen molar-refractivity contribution < 1.29 is 12.8 Å². The molecule has 0 fully saturated rings. The molecular formula is C9H9BrN4O3S. The van der Waals surface area contributed by atoms with Crippen molar-refractivity contribution in [2.24, 2.45) is 0 Å². The number of rotatable bonds is 3. The summed E-state index contributed by atoms with van der Waals surface area (Å²) in [5.41, 5.74) is 5.89. The van der Waals surface area contributed by atoms with E-state index in [0.717, 1.165) is 0 Å². The molecule has 0 aliphatic heterocycles. The lowest BCUT2D eigenvalue weighted by molar-refractivity contribution is 0.534. The van der Waals surface area contributed by atoms with E-state index in [0.29, 0.717) is 10.2 Å². The number of benzene rings is 1. The van der Waals surface area contributed by atoms with Gasteiger partial charge in [-0.05, 0) is 34.1 Å². The van der Waals surface area contributed by atoms with E-state index in [1.165, 1.54) is 6.07 Å². The second-order valence-electron chi connectivity index (χ2n) is 3.42. The molecule has 1 heterocycles. The summed E-state index contributed by atoms with van der Waals surface area (Å²) in [5.74, 6) is 0.263. The van der Waals surface area contributed by atoms with Gasteiger partial charge in [0.2, 0.25) is 5.89 Å². The molecule has 2 rings (SSSR count). The number of nitrogen functional groups attached to an aromatic ring is 1. The van der Waals surface area contributed by atoms with Gasteiger partial charge in [0.25, 0.3) is 10.0 Å². The summed E-state index contributed by atoms with van der Waals surface area (Å²) in [6, 6.07) is 4.26. The van der Waals surface area contributed by atoms with Crippen molar-refractivity contribution in [3.8, 4) is 0 Å². The molecule has 0 unspecified atom stereocenters. The molecule has 1 aromatic carbocycles. The molecule has 2 aromatic rings. The Bertz CT molecular complexity index is 683. The summed E-state index contributed by atoms with van der Waals surface area (Å²) in [5, 5.41) is 7.08. The zero-order chi connectivity index (χ0) is 13.3. The third kappa shape index (κ3) is 2.62. The van der Waals surface area contributed by atoms with E-state index < -0.39 is 10.0 Å². The number of nitrogens with one attached hydrogen (secondary N) is 1. The molecule has 96 valence electrons. The van der Waals surface area contributed by atoms with Crippen LogP contribution in [0.4, 0.5) is 11.7 Å². The topological polar surface area (TPSA) is 111 Å². The van der Waals surface area contributed by atoms with Gasteiger partial charge in [-0.3, -0.25) is 0 Å². The standard InChI is InChI=1S/C9H9BrN4O3S/c1-5-12-13-9(17-5)14-18(15,16)8-4-6(11)2-3-7(8)10/h2-4H,11H2,1H3,(H,13,14). The Morgan fingerprint density at radius 3 is 2.72 bits per heavy atom. The number of anilines is 2. The highest BCUT2D eigenvalue weighted by atomic mass is 79.9. The van der Waals surface area contributed by atoms with Crippen LogP contribution in [0.1, 0.15) is 5.89 Å². The van der Waals surface area contributed by atoms with Gasteiger partial charge in [0, 0.05) is 17.1 Å². The SMILES string of the molecule is Cc1nnc(NS(=O)(=O)c2cc(N)ccc2Br)o1. The van der Waals surface area contributed by atoms with Crippen LogP contribution in [0.2, 0.25) is 0 Å². The minimum atomic E-state index is -3.83. The molecule has 0 saturated heterocycles. The van der Waals surface area contributed by atoms with Crippen LogP contribution in [0.15, 0.2) is 32.0 Å². The van der Waals surface area contributed by atoms with Gasteiger partial charge in [0.05, 0.1) is 0 Å². The van der Waals surface area contributed by atoms with E-state index in [4.69, 9.17) is 10.2 Å². The van der Waals surface area contributed by atoms with E-state index in [9.17, 15) is 8.42 Å². The normalized spacial score (nSPS) is 11.4. The Kier molecular flexibility index (Phi) is 3.26. The molecule has 0 bridgehead atoms. The van der Waals surface area contributed by atoms with Crippen molar-refractivity contribution in [2.45, 2.75) is 11.8 Å². The van der Waals surface area contributed by atoms with E-state index in [1.807, 2.05) is 0 Å². The third-order valence-electron chi connectivity index (χ3n) is 1.99. The largest absolute Gasteiger partial charge is 0.408 e. The first-order chi connectivity index (χ1) is 8.38. The maximum atomic E-state index is 12.1. The number of hydrogen-bond acceptors (Lipinski definition) is 6. The van der Waals surface area contributed by atoms with Gasteiger partial charge in [-0.1, -0.05) is 5.10 Å². The Balaban J connectivity index is 2.39. The fourth-order valence-corrected chi connectivity index (χ4v) is 3.16. The molecule has 0 spiro atoms. The molecule has 3 N–H and O–H groups in total. The first kappa shape index (κ1) is 12.8. The molecule has 7 nitrogen and oxygen atoms in total. The lowest BCUT2D eigenvalue weighted by Crippen LogP contribution is -2.14. The first-order valence-electron chi connectivity index (χ1n) is 4.76. The number of sulfonamides is 1. The number of aryl methyl sites for hydroxylation is 1. The summed E-state index contributed by atoms with van der Waals surface area (Å²) in [6.45, 7) is 1.56. The Morgan fingerprint density at radius 1 is 1.39 bits per heavy atom. The second kappa shape index (κ2) is 4.58. The van der Waals surface area contributed by atoms with Crippen molar-refractivity contribution in [1.29, 1.82) is 0 Å².